The van der Waals surface area contributed by atoms with Crippen LogP contribution in [0.25, 0.3) is 0 Å². The summed E-state index contributed by atoms with van der Waals surface area (Å²) in [6.07, 6.45) is -0.779. The number of anilines is 1. The molecule has 1 amide bonds. The van der Waals surface area contributed by atoms with E-state index in [1.165, 1.54) is 19.2 Å². The van der Waals surface area contributed by atoms with Gasteiger partial charge in [-0.05, 0) is 36.5 Å². The fraction of sp³-hybridized carbons (Fsp3) is 0.0667. The number of nitrogens with zero attached hydrogens (tertiary/aromatic N) is 1. The Balaban J connectivity index is 2.19. The maximum Gasteiger partial charge on any atom is 0.413 e. The Morgan fingerprint density at radius 1 is 1.17 bits per heavy atom. The van der Waals surface area contributed by atoms with Gasteiger partial charge in [0.05, 0.1) is 18.1 Å². The third-order valence-electron chi connectivity index (χ3n) is 2.79. The molecular weight excluding hydrogens is 334 g/mol. The number of benzene rings is 2. The van der Waals surface area contributed by atoms with Crippen LogP contribution in [0, 0.1) is 10.1 Å². The van der Waals surface area contributed by atoms with Crippen LogP contribution in [0.15, 0.2) is 48.5 Å². The van der Waals surface area contributed by atoms with E-state index in [0.29, 0.717) is 11.5 Å². The van der Waals surface area contributed by atoms with Crippen molar-refractivity contribution in [3.05, 3.63) is 58.6 Å². The topological polar surface area (TPSA) is 103 Å². The lowest BCUT2D eigenvalue weighted by Gasteiger charge is -2.10. The number of rotatable bonds is 4. The van der Waals surface area contributed by atoms with Crippen molar-refractivity contribution in [3.8, 4) is 11.5 Å². The lowest BCUT2D eigenvalue weighted by molar-refractivity contribution is -0.384. The summed E-state index contributed by atoms with van der Waals surface area (Å²) < 4.78 is 9.95. The Morgan fingerprint density at radius 2 is 1.88 bits per heavy atom. The van der Waals surface area contributed by atoms with Crippen LogP contribution in [0.1, 0.15) is 0 Å². The standard InChI is InChI=1S/C15H13N3O5S/c1-22-15(19)17-14(24)16-12-8-7-11(9-13(12)18(20)21)23-10-5-3-2-4-6-10/h2-9H,1H3,(H2,16,17,19,24). The predicted molar refractivity (Wildman–Crippen MR) is 91.4 cm³/mol. The van der Waals surface area contributed by atoms with Crippen molar-refractivity contribution < 1.29 is 19.2 Å². The molecule has 0 spiro atoms. The van der Waals surface area contributed by atoms with Crippen LogP contribution in [0.5, 0.6) is 11.5 Å². The molecule has 0 atom stereocenters. The molecule has 0 aliphatic carbocycles. The summed E-state index contributed by atoms with van der Waals surface area (Å²) in [5.41, 5.74) is -0.140. The summed E-state index contributed by atoms with van der Waals surface area (Å²) >= 11 is 4.89. The number of nitrogens with one attached hydrogen (secondary N) is 2. The molecule has 24 heavy (non-hydrogen) atoms. The highest BCUT2D eigenvalue weighted by atomic mass is 32.1. The third kappa shape index (κ3) is 4.65. The number of alkyl carbamates (subject to hydrolysis) is 1. The van der Waals surface area contributed by atoms with E-state index in [2.05, 4.69) is 15.4 Å². The van der Waals surface area contributed by atoms with Crippen LogP contribution in [-0.4, -0.2) is 23.2 Å². The summed E-state index contributed by atoms with van der Waals surface area (Å²) in [5, 5.41) is 15.9. The van der Waals surface area contributed by atoms with E-state index in [0.717, 1.165) is 0 Å². The Bertz CT molecular complexity index is 767. The minimum Gasteiger partial charge on any atom is -0.457 e. The van der Waals surface area contributed by atoms with Gasteiger partial charge in [0, 0.05) is 0 Å². The summed E-state index contributed by atoms with van der Waals surface area (Å²) in [7, 11) is 1.18. The monoisotopic (exact) mass is 347 g/mol. The SMILES string of the molecule is COC(=O)NC(=S)Nc1ccc(Oc2ccccc2)cc1[N+](=O)[O-]. The van der Waals surface area contributed by atoms with Crippen LogP contribution >= 0.6 is 12.2 Å². The van der Waals surface area contributed by atoms with E-state index in [-0.39, 0.29) is 16.5 Å². The van der Waals surface area contributed by atoms with Crippen molar-refractivity contribution in [3.63, 3.8) is 0 Å². The molecule has 8 nitrogen and oxygen atoms in total. The van der Waals surface area contributed by atoms with Crippen LogP contribution < -0.4 is 15.4 Å². The van der Waals surface area contributed by atoms with Gasteiger partial charge >= 0.3 is 6.09 Å². The molecule has 0 aliphatic heterocycles. The second kappa shape index (κ2) is 7.88. The Morgan fingerprint density at radius 3 is 2.50 bits per heavy atom. The van der Waals surface area contributed by atoms with Crippen molar-refractivity contribution >= 4 is 34.8 Å². The number of thiocarbonyl (C=S) groups is 1. The van der Waals surface area contributed by atoms with E-state index >= 15 is 0 Å². The number of methoxy groups -OCH3 is 1. The van der Waals surface area contributed by atoms with Gasteiger partial charge in [-0.25, -0.2) is 4.79 Å². The molecule has 2 aromatic rings. The van der Waals surface area contributed by atoms with Gasteiger partial charge in [-0.1, -0.05) is 18.2 Å². The van der Waals surface area contributed by atoms with Gasteiger partial charge in [0.1, 0.15) is 17.2 Å². The Kier molecular flexibility index (Phi) is 5.63. The van der Waals surface area contributed by atoms with E-state index in [4.69, 9.17) is 17.0 Å². The first-order valence-corrected chi connectivity index (χ1v) is 7.07. The predicted octanol–water partition coefficient (Wildman–Crippen LogP) is 3.44. The second-order valence-corrected chi connectivity index (χ2v) is 4.83. The van der Waals surface area contributed by atoms with Crippen LogP contribution in [0.4, 0.5) is 16.2 Å². The lowest BCUT2D eigenvalue weighted by Crippen LogP contribution is -2.34. The zero-order valence-electron chi connectivity index (χ0n) is 12.5. The molecule has 0 aromatic heterocycles. The average molecular weight is 347 g/mol. The van der Waals surface area contributed by atoms with Crippen molar-refractivity contribution in [2.75, 3.05) is 12.4 Å². The largest absolute Gasteiger partial charge is 0.457 e. The normalized spacial score (nSPS) is 9.71. The number of amides is 1. The van der Waals surface area contributed by atoms with Gasteiger partial charge in [0.25, 0.3) is 5.69 Å². The lowest BCUT2D eigenvalue weighted by atomic mass is 10.2. The van der Waals surface area contributed by atoms with Gasteiger partial charge in [0.2, 0.25) is 0 Å². The number of carbonyl (C=O) groups is 1. The molecule has 0 fully saturated rings. The summed E-state index contributed by atoms with van der Waals surface area (Å²) in [6.45, 7) is 0. The maximum absolute atomic E-state index is 11.2. The Labute approximate surface area is 142 Å². The molecule has 0 aliphatic rings. The first kappa shape index (κ1) is 17.2. The summed E-state index contributed by atoms with van der Waals surface area (Å²) in [4.78, 5) is 21.7. The molecular formula is C15H13N3O5S. The van der Waals surface area contributed by atoms with Crippen molar-refractivity contribution in [2.24, 2.45) is 0 Å². The minimum atomic E-state index is -0.779. The third-order valence-corrected chi connectivity index (χ3v) is 3.00. The molecule has 0 heterocycles. The van der Waals surface area contributed by atoms with E-state index in [1.807, 2.05) is 6.07 Å². The number of ether oxygens (including phenoxy) is 2. The molecule has 2 rings (SSSR count). The smallest absolute Gasteiger partial charge is 0.413 e. The molecule has 2 aromatic carbocycles. The molecule has 0 unspecified atom stereocenters. The van der Waals surface area contributed by atoms with Crippen molar-refractivity contribution in [2.45, 2.75) is 0 Å². The number of hydrogen-bond donors (Lipinski definition) is 2. The van der Waals surface area contributed by atoms with Crippen LogP contribution in [0.2, 0.25) is 0 Å². The molecule has 124 valence electrons. The second-order valence-electron chi connectivity index (χ2n) is 4.42. The van der Waals surface area contributed by atoms with Crippen molar-refractivity contribution in [1.82, 2.24) is 5.32 Å². The summed E-state index contributed by atoms with van der Waals surface area (Å²) in [5.74, 6) is 0.848. The quantitative estimate of drug-likeness (QED) is 0.496. The van der Waals surface area contributed by atoms with E-state index in [9.17, 15) is 14.9 Å². The number of hydrogen-bond acceptors (Lipinski definition) is 6. The first-order valence-electron chi connectivity index (χ1n) is 6.67. The van der Waals surface area contributed by atoms with E-state index < -0.39 is 11.0 Å². The fourth-order valence-electron chi connectivity index (χ4n) is 1.75. The highest BCUT2D eigenvalue weighted by molar-refractivity contribution is 7.80. The zero-order valence-corrected chi connectivity index (χ0v) is 13.3. The van der Waals surface area contributed by atoms with Gasteiger partial charge < -0.3 is 14.8 Å². The molecule has 0 saturated heterocycles. The zero-order chi connectivity index (χ0) is 17.5. The van der Waals surface area contributed by atoms with Gasteiger partial charge in [-0.2, -0.15) is 0 Å². The van der Waals surface area contributed by atoms with E-state index in [1.54, 1.807) is 30.3 Å². The van der Waals surface area contributed by atoms with Crippen LogP contribution in [-0.2, 0) is 4.74 Å². The summed E-state index contributed by atoms with van der Waals surface area (Å²) in [6, 6.07) is 13.1. The molecule has 0 radical (unpaired) electrons. The first-order chi connectivity index (χ1) is 11.5. The van der Waals surface area contributed by atoms with Crippen LogP contribution in [0.3, 0.4) is 0 Å². The number of carbonyl (C=O) groups excluding carboxylic acids is 1. The number of para-hydroxylation sites is 1. The number of nitro groups is 1. The average Bonchev–Trinajstić information content (AvgIpc) is 2.56. The van der Waals surface area contributed by atoms with Gasteiger partial charge in [0.15, 0.2) is 5.11 Å². The molecule has 0 saturated carbocycles. The van der Waals surface area contributed by atoms with Crippen molar-refractivity contribution in [1.29, 1.82) is 0 Å². The minimum absolute atomic E-state index is 0.113. The molecule has 2 N–H and O–H groups in total. The number of nitro benzene ring substituents is 1. The molecule has 9 heteroatoms. The fourth-order valence-corrected chi connectivity index (χ4v) is 1.95. The molecule has 0 bridgehead atoms. The highest BCUT2D eigenvalue weighted by Gasteiger charge is 2.17. The Hall–Kier alpha value is -3.20. The highest BCUT2D eigenvalue weighted by Crippen LogP contribution is 2.31. The maximum atomic E-state index is 11.2. The van der Waals surface area contributed by atoms with Gasteiger partial charge in [-0.3, -0.25) is 15.4 Å². The van der Waals surface area contributed by atoms with Gasteiger partial charge in [-0.15, -0.1) is 0 Å².